The van der Waals surface area contributed by atoms with Crippen LogP contribution in [0.3, 0.4) is 0 Å². The van der Waals surface area contributed by atoms with Gasteiger partial charge < -0.3 is 5.32 Å². The lowest BCUT2D eigenvalue weighted by atomic mass is 9.70. The van der Waals surface area contributed by atoms with Gasteiger partial charge in [0.25, 0.3) is 0 Å². The van der Waals surface area contributed by atoms with E-state index in [1.807, 2.05) is 11.3 Å². The van der Waals surface area contributed by atoms with Gasteiger partial charge in [0.2, 0.25) is 0 Å². The second kappa shape index (κ2) is 8.44. The summed E-state index contributed by atoms with van der Waals surface area (Å²) in [5.41, 5.74) is 12.7. The van der Waals surface area contributed by atoms with Crippen molar-refractivity contribution in [3.63, 3.8) is 0 Å². The molecule has 1 N–H and O–H groups in total. The number of rotatable bonds is 2. The largest absolute Gasteiger partial charge is 0.354 e. The standard InChI is InChI=1S/C41H25NS/c1-2-12-27-25(11-1)23-37(40-39(27)32-16-6-10-20-38(32)43-40)42-26-21-22-31-30-15-5-9-19-35(30)41(36(31)24-26)33-17-7-3-13-28(33)29-14-4-8-18-34(29)41/h1-24,42H. The molecule has 1 aromatic heterocycles. The molecule has 0 aliphatic heterocycles. The van der Waals surface area contributed by atoms with Crippen LogP contribution in [0.5, 0.6) is 0 Å². The number of thiophene rings is 1. The molecule has 1 nitrogen and oxygen atoms in total. The number of hydrogen-bond acceptors (Lipinski definition) is 2. The highest BCUT2D eigenvalue weighted by molar-refractivity contribution is 7.26. The number of anilines is 2. The van der Waals surface area contributed by atoms with Crippen LogP contribution in [0.4, 0.5) is 11.4 Å². The van der Waals surface area contributed by atoms with Crippen molar-refractivity contribution in [2.45, 2.75) is 5.41 Å². The van der Waals surface area contributed by atoms with E-state index < -0.39 is 0 Å². The van der Waals surface area contributed by atoms with Gasteiger partial charge in [-0.1, -0.05) is 121 Å². The van der Waals surface area contributed by atoms with Gasteiger partial charge in [-0.2, -0.15) is 0 Å². The Kier molecular flexibility index (Phi) is 4.59. The summed E-state index contributed by atoms with van der Waals surface area (Å²) in [6.07, 6.45) is 0. The monoisotopic (exact) mass is 563 g/mol. The molecule has 2 heteroatoms. The molecule has 0 fully saturated rings. The quantitative estimate of drug-likeness (QED) is 0.221. The van der Waals surface area contributed by atoms with Crippen molar-refractivity contribution in [3.05, 3.63) is 168 Å². The van der Waals surface area contributed by atoms with Gasteiger partial charge in [-0.25, -0.2) is 0 Å². The minimum absolute atomic E-state index is 0.340. The summed E-state index contributed by atoms with van der Waals surface area (Å²) in [5, 5.41) is 9.15. The van der Waals surface area contributed by atoms with E-state index in [4.69, 9.17) is 0 Å². The molecular weight excluding hydrogens is 539 g/mol. The maximum atomic E-state index is 3.92. The molecule has 43 heavy (non-hydrogen) atoms. The van der Waals surface area contributed by atoms with E-state index >= 15 is 0 Å². The average molecular weight is 564 g/mol. The van der Waals surface area contributed by atoms with Crippen LogP contribution in [0.1, 0.15) is 22.3 Å². The van der Waals surface area contributed by atoms with Gasteiger partial charge in [-0.3, -0.25) is 0 Å². The lowest BCUT2D eigenvalue weighted by molar-refractivity contribution is 0.794. The third-order valence-corrected chi connectivity index (χ3v) is 10.9. The maximum absolute atomic E-state index is 3.92. The molecule has 0 radical (unpaired) electrons. The fourth-order valence-corrected chi connectivity index (χ4v) is 9.18. The lowest BCUT2D eigenvalue weighted by Crippen LogP contribution is -2.25. The van der Waals surface area contributed by atoms with Crippen molar-refractivity contribution in [2.75, 3.05) is 5.32 Å². The van der Waals surface area contributed by atoms with E-state index in [1.165, 1.54) is 75.5 Å². The van der Waals surface area contributed by atoms with Gasteiger partial charge in [-0.15, -0.1) is 11.3 Å². The molecule has 2 aliphatic carbocycles. The Morgan fingerprint density at radius 2 is 1.02 bits per heavy atom. The first kappa shape index (κ1) is 23.4. The summed E-state index contributed by atoms with van der Waals surface area (Å²) in [5.74, 6) is 0. The van der Waals surface area contributed by atoms with E-state index in [2.05, 4.69) is 151 Å². The van der Waals surface area contributed by atoms with E-state index in [1.54, 1.807) is 0 Å². The number of benzene rings is 7. The second-order valence-corrected chi connectivity index (χ2v) is 12.8. The average Bonchev–Trinajstić information content (AvgIpc) is 3.70. The fraction of sp³-hybridized carbons (Fsp3) is 0.0244. The lowest BCUT2D eigenvalue weighted by Gasteiger charge is -2.30. The number of fused-ring (bicyclic) bond motifs is 15. The van der Waals surface area contributed by atoms with Crippen molar-refractivity contribution in [1.82, 2.24) is 0 Å². The zero-order valence-corrected chi connectivity index (χ0v) is 24.1. The van der Waals surface area contributed by atoms with Crippen molar-refractivity contribution in [1.29, 1.82) is 0 Å². The predicted molar refractivity (Wildman–Crippen MR) is 183 cm³/mol. The molecule has 1 heterocycles. The van der Waals surface area contributed by atoms with Crippen molar-refractivity contribution < 1.29 is 0 Å². The summed E-state index contributed by atoms with van der Waals surface area (Å²) in [4.78, 5) is 0. The van der Waals surface area contributed by atoms with Crippen LogP contribution in [0.2, 0.25) is 0 Å². The Balaban J connectivity index is 1.23. The van der Waals surface area contributed by atoms with Crippen LogP contribution in [-0.2, 0) is 5.41 Å². The summed E-state index contributed by atoms with van der Waals surface area (Å²) in [6, 6.07) is 53.9. The molecule has 200 valence electrons. The molecule has 0 amide bonds. The van der Waals surface area contributed by atoms with Gasteiger partial charge in [0.15, 0.2) is 0 Å². The highest BCUT2D eigenvalue weighted by atomic mass is 32.1. The second-order valence-electron chi connectivity index (χ2n) is 11.7. The zero-order valence-electron chi connectivity index (χ0n) is 23.3. The van der Waals surface area contributed by atoms with Gasteiger partial charge >= 0.3 is 0 Å². The smallest absolute Gasteiger partial charge is 0.0726 e. The Morgan fingerprint density at radius 3 is 1.72 bits per heavy atom. The minimum atomic E-state index is -0.340. The van der Waals surface area contributed by atoms with Crippen LogP contribution in [0, 0.1) is 0 Å². The Labute approximate surface area is 253 Å². The van der Waals surface area contributed by atoms with Gasteiger partial charge in [0, 0.05) is 21.2 Å². The first-order valence-electron chi connectivity index (χ1n) is 14.9. The molecule has 0 saturated carbocycles. The number of nitrogens with one attached hydrogen (secondary N) is 1. The Hall–Kier alpha value is -5.18. The maximum Gasteiger partial charge on any atom is 0.0726 e. The Bertz CT molecular complexity index is 2380. The summed E-state index contributed by atoms with van der Waals surface area (Å²) in [6.45, 7) is 0. The Morgan fingerprint density at radius 1 is 0.465 bits per heavy atom. The van der Waals surface area contributed by atoms with Crippen LogP contribution in [0.15, 0.2) is 146 Å². The van der Waals surface area contributed by atoms with Crippen molar-refractivity contribution >= 4 is 53.7 Å². The van der Waals surface area contributed by atoms with E-state index in [9.17, 15) is 0 Å². The molecule has 7 aromatic carbocycles. The summed E-state index contributed by atoms with van der Waals surface area (Å²) in [7, 11) is 0. The highest BCUT2D eigenvalue weighted by Gasteiger charge is 2.51. The van der Waals surface area contributed by atoms with Crippen LogP contribution in [-0.4, -0.2) is 0 Å². The molecular formula is C41H25NS. The number of hydrogen-bond donors (Lipinski definition) is 1. The highest BCUT2D eigenvalue weighted by Crippen LogP contribution is 2.63. The normalized spacial score (nSPS) is 13.8. The van der Waals surface area contributed by atoms with Crippen LogP contribution >= 0.6 is 11.3 Å². The fourth-order valence-electron chi connectivity index (χ4n) is 8.00. The SMILES string of the molecule is c1ccc2c(c1)-c1ccccc1C21c2ccccc2-c2ccc(Nc3cc4ccccc4c4c3sc3ccccc34)cc21. The first-order chi connectivity index (χ1) is 21.3. The van der Waals surface area contributed by atoms with Crippen molar-refractivity contribution in [3.8, 4) is 22.3 Å². The molecule has 0 bridgehead atoms. The first-order valence-corrected chi connectivity index (χ1v) is 15.7. The molecule has 1 spiro atoms. The summed E-state index contributed by atoms with van der Waals surface area (Å²) >= 11 is 1.88. The van der Waals surface area contributed by atoms with E-state index in [0.29, 0.717) is 0 Å². The van der Waals surface area contributed by atoms with E-state index in [-0.39, 0.29) is 5.41 Å². The van der Waals surface area contributed by atoms with Gasteiger partial charge in [0.05, 0.1) is 15.8 Å². The topological polar surface area (TPSA) is 12.0 Å². The van der Waals surface area contributed by atoms with Crippen LogP contribution < -0.4 is 5.32 Å². The summed E-state index contributed by atoms with van der Waals surface area (Å²) < 4.78 is 2.62. The minimum Gasteiger partial charge on any atom is -0.354 e. The van der Waals surface area contributed by atoms with Gasteiger partial charge in [0.1, 0.15) is 0 Å². The molecule has 10 rings (SSSR count). The van der Waals surface area contributed by atoms with Crippen molar-refractivity contribution in [2.24, 2.45) is 0 Å². The predicted octanol–water partition coefficient (Wildman–Crippen LogP) is 11.3. The van der Waals surface area contributed by atoms with E-state index in [0.717, 1.165) is 11.4 Å². The molecule has 8 aromatic rings. The molecule has 0 unspecified atom stereocenters. The molecule has 0 saturated heterocycles. The van der Waals surface area contributed by atoms with Gasteiger partial charge in [-0.05, 0) is 79.5 Å². The van der Waals surface area contributed by atoms with Crippen LogP contribution in [0.25, 0.3) is 53.2 Å². The molecule has 0 atom stereocenters. The third-order valence-electron chi connectivity index (χ3n) is 9.65. The molecule has 2 aliphatic rings. The third kappa shape index (κ3) is 2.96. The zero-order chi connectivity index (χ0) is 28.1.